The van der Waals surface area contributed by atoms with E-state index in [1.165, 1.54) is 4.90 Å². The molecule has 0 aromatic carbocycles. The maximum absolute atomic E-state index is 11.9. The number of likely N-dealkylation sites (tertiary alicyclic amines) is 1. The van der Waals surface area contributed by atoms with Crippen LogP contribution in [0.15, 0.2) is 0 Å². The van der Waals surface area contributed by atoms with Crippen LogP contribution in [-0.2, 0) is 4.79 Å². The molecule has 0 saturated carbocycles. The van der Waals surface area contributed by atoms with Gasteiger partial charge in [0.1, 0.15) is 0 Å². The maximum Gasteiger partial charge on any atom is 0.451 e. The summed E-state index contributed by atoms with van der Waals surface area (Å²) in [7, 11) is 0. The number of nitrogens with zero attached hydrogens (tertiary/aromatic N) is 1. The van der Waals surface area contributed by atoms with Gasteiger partial charge < -0.3 is 5.73 Å². The molecule has 0 radical (unpaired) electrons. The number of carbonyl (C=O) groups is 1. The lowest BCUT2D eigenvalue weighted by Crippen LogP contribution is -2.44. The Morgan fingerprint density at radius 3 is 2.20 bits per heavy atom. The Hall–Kier alpha value is -0.330. The molecule has 0 unspecified atom stereocenters. The highest BCUT2D eigenvalue weighted by molar-refractivity contribution is 5.86. The Kier molecular flexibility index (Phi) is 5.55. The molecule has 1 fully saturated rings. The number of nitrogens with two attached hydrogens (primary N) is 1. The number of halogens is 4. The van der Waals surface area contributed by atoms with Gasteiger partial charge >= 0.3 is 6.18 Å². The molecule has 1 rings (SSSR count). The van der Waals surface area contributed by atoms with Crippen LogP contribution in [0.4, 0.5) is 13.2 Å². The number of alkyl halides is 3. The van der Waals surface area contributed by atoms with Crippen molar-refractivity contribution in [2.75, 3.05) is 19.6 Å². The van der Waals surface area contributed by atoms with Gasteiger partial charge in [-0.25, -0.2) is 0 Å². The summed E-state index contributed by atoms with van der Waals surface area (Å²) in [6.45, 7) is 0.419. The fourth-order valence-electron chi connectivity index (χ4n) is 1.40. The van der Waals surface area contributed by atoms with Crippen molar-refractivity contribution in [1.82, 2.24) is 4.90 Å². The van der Waals surface area contributed by atoms with Crippen molar-refractivity contribution in [3.05, 3.63) is 0 Å². The van der Waals surface area contributed by atoms with Crippen molar-refractivity contribution in [2.45, 2.75) is 25.1 Å². The Labute approximate surface area is 92.2 Å². The highest BCUT2D eigenvalue weighted by Crippen LogP contribution is 2.17. The quantitative estimate of drug-likeness (QED) is 0.790. The van der Waals surface area contributed by atoms with Crippen LogP contribution in [-0.4, -0.2) is 42.5 Å². The zero-order valence-corrected chi connectivity index (χ0v) is 8.90. The summed E-state index contributed by atoms with van der Waals surface area (Å²) in [5, 5.41) is 0. The van der Waals surface area contributed by atoms with Crippen LogP contribution < -0.4 is 5.73 Å². The monoisotopic (exact) mass is 246 g/mol. The molecule has 90 valence electrons. The van der Waals surface area contributed by atoms with Crippen molar-refractivity contribution in [3.8, 4) is 0 Å². The van der Waals surface area contributed by atoms with Gasteiger partial charge in [-0.1, -0.05) is 0 Å². The first-order valence-corrected chi connectivity index (χ1v) is 4.47. The second-order valence-electron chi connectivity index (χ2n) is 3.53. The summed E-state index contributed by atoms with van der Waals surface area (Å²) in [6.07, 6.45) is -3.39. The summed E-state index contributed by atoms with van der Waals surface area (Å²) in [4.78, 5) is 12.1. The number of hydrogen-bond donors (Lipinski definition) is 1. The van der Waals surface area contributed by atoms with Crippen LogP contribution in [0, 0.1) is 0 Å². The average Bonchev–Trinajstić information content (AvgIpc) is 2.07. The predicted molar refractivity (Wildman–Crippen MR) is 52.0 cm³/mol. The van der Waals surface area contributed by atoms with Gasteiger partial charge in [-0.05, 0) is 12.8 Å². The van der Waals surface area contributed by atoms with Gasteiger partial charge in [0.15, 0.2) is 0 Å². The van der Waals surface area contributed by atoms with Crippen molar-refractivity contribution < 1.29 is 18.0 Å². The average molecular weight is 247 g/mol. The zero-order chi connectivity index (χ0) is 10.8. The van der Waals surface area contributed by atoms with E-state index in [1.807, 2.05) is 0 Å². The van der Waals surface area contributed by atoms with Crippen LogP contribution in [0.2, 0.25) is 0 Å². The topological polar surface area (TPSA) is 46.3 Å². The first kappa shape index (κ1) is 14.7. The molecular weight excluding hydrogens is 233 g/mol. The lowest BCUT2D eigenvalue weighted by molar-refractivity contribution is -0.172. The number of hydrogen-bond acceptors (Lipinski definition) is 3. The first-order chi connectivity index (χ1) is 6.39. The molecule has 1 heterocycles. The third-order valence-electron chi connectivity index (χ3n) is 2.32. The van der Waals surface area contributed by atoms with Crippen molar-refractivity contribution >= 4 is 18.2 Å². The van der Waals surface area contributed by atoms with Crippen LogP contribution in [0.3, 0.4) is 0 Å². The van der Waals surface area contributed by atoms with E-state index >= 15 is 0 Å². The van der Waals surface area contributed by atoms with Crippen molar-refractivity contribution in [2.24, 2.45) is 5.73 Å². The molecule has 0 bridgehead atoms. The van der Waals surface area contributed by atoms with Crippen LogP contribution in [0.25, 0.3) is 0 Å². The van der Waals surface area contributed by atoms with Crippen LogP contribution in [0.1, 0.15) is 12.8 Å². The molecule has 0 aromatic heterocycles. The Bertz CT molecular complexity index is 214. The minimum atomic E-state index is -4.71. The molecule has 0 aromatic rings. The Morgan fingerprint density at radius 2 is 1.80 bits per heavy atom. The molecule has 7 heteroatoms. The zero-order valence-electron chi connectivity index (χ0n) is 8.09. The summed E-state index contributed by atoms with van der Waals surface area (Å²) in [5.74, 6) is -1.67. The lowest BCUT2D eigenvalue weighted by Gasteiger charge is -2.29. The van der Waals surface area contributed by atoms with Gasteiger partial charge in [0.25, 0.3) is 0 Å². The van der Waals surface area contributed by atoms with Gasteiger partial charge in [0.05, 0.1) is 6.54 Å². The molecule has 15 heavy (non-hydrogen) atoms. The molecule has 3 nitrogen and oxygen atoms in total. The third kappa shape index (κ3) is 4.81. The molecule has 0 atom stereocenters. The van der Waals surface area contributed by atoms with Gasteiger partial charge in [-0.2, -0.15) is 13.2 Å². The smallest absolute Gasteiger partial charge is 0.328 e. The molecule has 0 aliphatic carbocycles. The molecule has 1 aliphatic rings. The van der Waals surface area contributed by atoms with Gasteiger partial charge in [-0.15, -0.1) is 12.4 Å². The highest BCUT2D eigenvalue weighted by Gasteiger charge is 2.39. The summed E-state index contributed by atoms with van der Waals surface area (Å²) in [5.41, 5.74) is 5.58. The second kappa shape index (κ2) is 5.67. The number of ketones is 1. The van der Waals surface area contributed by atoms with E-state index in [4.69, 9.17) is 5.73 Å². The predicted octanol–water partition coefficient (Wildman–Crippen LogP) is 0.963. The number of carbonyl (C=O) groups excluding carboxylic acids is 1. The van der Waals surface area contributed by atoms with Crippen LogP contribution in [0.5, 0.6) is 0 Å². The van der Waals surface area contributed by atoms with Gasteiger partial charge in [0.2, 0.25) is 5.78 Å². The summed E-state index contributed by atoms with van der Waals surface area (Å²) < 4.78 is 35.6. The standard InChI is InChI=1S/C8H13F3N2O.ClH/c9-8(10,11)7(14)5-13-3-1-6(12)2-4-13;/h6H,1-5,12H2;1H. The van der Waals surface area contributed by atoms with Gasteiger partial charge in [-0.3, -0.25) is 9.69 Å². The van der Waals surface area contributed by atoms with E-state index in [0.717, 1.165) is 0 Å². The molecule has 0 amide bonds. The number of Topliss-reactive ketones (excluding diaryl/α,β-unsaturated/α-hetero) is 1. The first-order valence-electron chi connectivity index (χ1n) is 4.47. The Balaban J connectivity index is 0.00000196. The molecule has 2 N–H and O–H groups in total. The van der Waals surface area contributed by atoms with E-state index in [0.29, 0.717) is 25.9 Å². The molecular formula is C8H14ClF3N2O. The fourth-order valence-corrected chi connectivity index (χ4v) is 1.40. The molecule has 1 saturated heterocycles. The van der Waals surface area contributed by atoms with Crippen molar-refractivity contribution in [3.63, 3.8) is 0 Å². The van der Waals surface area contributed by atoms with Gasteiger partial charge in [0, 0.05) is 19.1 Å². The van der Waals surface area contributed by atoms with E-state index in [-0.39, 0.29) is 18.4 Å². The van der Waals surface area contributed by atoms with E-state index in [9.17, 15) is 18.0 Å². The summed E-state index contributed by atoms with van der Waals surface area (Å²) >= 11 is 0. The fraction of sp³-hybridized carbons (Fsp3) is 0.875. The lowest BCUT2D eigenvalue weighted by atomic mass is 10.1. The minimum absolute atomic E-state index is 0. The van der Waals surface area contributed by atoms with E-state index in [2.05, 4.69) is 0 Å². The normalized spacial score (nSPS) is 19.7. The largest absolute Gasteiger partial charge is 0.451 e. The number of piperidine rings is 1. The molecule has 0 spiro atoms. The van der Waals surface area contributed by atoms with E-state index in [1.54, 1.807) is 0 Å². The molecule has 1 aliphatic heterocycles. The van der Waals surface area contributed by atoms with Crippen molar-refractivity contribution in [1.29, 1.82) is 0 Å². The minimum Gasteiger partial charge on any atom is -0.328 e. The maximum atomic E-state index is 11.9. The number of rotatable bonds is 2. The second-order valence-corrected chi connectivity index (χ2v) is 3.53. The Morgan fingerprint density at radius 1 is 1.33 bits per heavy atom. The summed E-state index contributed by atoms with van der Waals surface area (Å²) in [6, 6.07) is 0.0623. The van der Waals surface area contributed by atoms with Crippen LogP contribution >= 0.6 is 12.4 Å². The van der Waals surface area contributed by atoms with E-state index < -0.39 is 18.5 Å². The third-order valence-corrected chi connectivity index (χ3v) is 2.32. The highest BCUT2D eigenvalue weighted by atomic mass is 35.5. The SMILES string of the molecule is Cl.NC1CCN(CC(=O)C(F)(F)F)CC1.